The molecular weight excluding hydrogens is 314 g/mol. The van der Waals surface area contributed by atoms with Crippen molar-refractivity contribution in [2.75, 3.05) is 12.4 Å². The lowest BCUT2D eigenvalue weighted by Gasteiger charge is -2.22. The highest BCUT2D eigenvalue weighted by atomic mass is 16.5. The molecule has 1 heterocycles. The molecule has 1 amide bonds. The molecule has 2 rings (SSSR count). The molecule has 0 spiro atoms. The quantitative estimate of drug-likeness (QED) is 0.755. The van der Waals surface area contributed by atoms with Gasteiger partial charge in [-0.25, -0.2) is 14.6 Å². The van der Waals surface area contributed by atoms with E-state index >= 15 is 0 Å². The van der Waals surface area contributed by atoms with Crippen LogP contribution in [0.25, 0.3) is 0 Å². The highest BCUT2D eigenvalue weighted by molar-refractivity contribution is 6.11. The highest BCUT2D eigenvalue weighted by Gasteiger charge is 2.41. The molecule has 0 aliphatic heterocycles. The number of methoxy groups -OCH3 is 1. The number of amides is 1. The van der Waals surface area contributed by atoms with Crippen molar-refractivity contribution in [3.63, 3.8) is 0 Å². The molecule has 0 aliphatic rings. The van der Waals surface area contributed by atoms with Crippen LogP contribution in [0, 0.1) is 0 Å². The Balaban J connectivity index is 2.19. The molecule has 0 fully saturated rings. The summed E-state index contributed by atoms with van der Waals surface area (Å²) in [6.07, 6.45) is 3.01. The van der Waals surface area contributed by atoms with E-state index in [4.69, 9.17) is 9.84 Å². The number of aromatic nitrogens is 2. The van der Waals surface area contributed by atoms with Crippen LogP contribution in [0.4, 0.5) is 5.69 Å². The van der Waals surface area contributed by atoms with Gasteiger partial charge in [0, 0.05) is 25.2 Å². The average Bonchev–Trinajstić information content (AvgIpc) is 2.56. The third-order valence-corrected chi connectivity index (χ3v) is 3.57. The molecule has 126 valence electrons. The van der Waals surface area contributed by atoms with Gasteiger partial charge in [0.25, 0.3) is 5.91 Å². The SMILES string of the molecule is COC(C)(C(=O)O)C(=O)Nc1cccc(Cn2cccnc2=O)c1. The van der Waals surface area contributed by atoms with Gasteiger partial charge in [-0.1, -0.05) is 12.1 Å². The van der Waals surface area contributed by atoms with Gasteiger partial charge < -0.3 is 15.2 Å². The van der Waals surface area contributed by atoms with E-state index in [-0.39, 0.29) is 12.2 Å². The Morgan fingerprint density at radius 3 is 2.75 bits per heavy atom. The fourth-order valence-electron chi connectivity index (χ4n) is 1.98. The van der Waals surface area contributed by atoms with Crippen molar-refractivity contribution < 1.29 is 19.4 Å². The van der Waals surface area contributed by atoms with Crippen LogP contribution in [-0.4, -0.2) is 39.2 Å². The number of benzene rings is 1. The normalized spacial score (nSPS) is 13.1. The lowest BCUT2D eigenvalue weighted by Crippen LogP contribution is -2.48. The van der Waals surface area contributed by atoms with Crippen LogP contribution in [0.3, 0.4) is 0 Å². The maximum absolute atomic E-state index is 12.1. The molecule has 0 bridgehead atoms. The van der Waals surface area contributed by atoms with Gasteiger partial charge >= 0.3 is 11.7 Å². The molecule has 2 N–H and O–H groups in total. The van der Waals surface area contributed by atoms with E-state index in [1.807, 2.05) is 0 Å². The lowest BCUT2D eigenvalue weighted by molar-refractivity contribution is -0.165. The molecule has 1 aromatic heterocycles. The average molecular weight is 331 g/mol. The van der Waals surface area contributed by atoms with Crippen molar-refractivity contribution in [2.45, 2.75) is 19.1 Å². The van der Waals surface area contributed by atoms with Gasteiger partial charge in [0.05, 0.1) is 6.54 Å². The number of nitrogens with one attached hydrogen (secondary N) is 1. The van der Waals surface area contributed by atoms with E-state index in [1.165, 1.54) is 17.7 Å². The van der Waals surface area contributed by atoms with Gasteiger partial charge in [-0.3, -0.25) is 9.36 Å². The minimum absolute atomic E-state index is 0.275. The van der Waals surface area contributed by atoms with Crippen molar-refractivity contribution in [3.05, 3.63) is 58.8 Å². The summed E-state index contributed by atoms with van der Waals surface area (Å²) in [5, 5.41) is 11.6. The second kappa shape index (κ2) is 7.05. The van der Waals surface area contributed by atoms with Crippen LogP contribution in [0.1, 0.15) is 12.5 Å². The summed E-state index contributed by atoms with van der Waals surface area (Å²) < 4.78 is 6.22. The summed E-state index contributed by atoms with van der Waals surface area (Å²) in [7, 11) is 1.15. The summed E-state index contributed by atoms with van der Waals surface area (Å²) in [5.41, 5.74) is -1.22. The standard InChI is InChI=1S/C16H17N3O5/c1-16(24-2,14(21)22)13(20)18-12-6-3-5-11(9-12)10-19-8-4-7-17-15(19)23/h3-9H,10H2,1-2H3,(H,18,20)(H,21,22). The molecule has 8 nitrogen and oxygen atoms in total. The first-order valence-corrected chi connectivity index (χ1v) is 7.07. The fraction of sp³-hybridized carbons (Fsp3) is 0.250. The monoisotopic (exact) mass is 331 g/mol. The topological polar surface area (TPSA) is 111 Å². The number of hydrogen-bond acceptors (Lipinski definition) is 5. The summed E-state index contributed by atoms with van der Waals surface area (Å²) in [6.45, 7) is 1.45. The number of ether oxygens (including phenoxy) is 1. The Bertz CT molecular complexity index is 817. The zero-order valence-corrected chi connectivity index (χ0v) is 13.2. The van der Waals surface area contributed by atoms with E-state index in [9.17, 15) is 14.4 Å². The number of carboxylic acid groups (broad SMARTS) is 1. The Labute approximate surface area is 137 Å². The first-order chi connectivity index (χ1) is 11.4. The van der Waals surface area contributed by atoms with Crippen molar-refractivity contribution in [1.29, 1.82) is 0 Å². The predicted octanol–water partition coefficient (Wildman–Crippen LogP) is 0.720. The molecule has 1 aromatic carbocycles. The first kappa shape index (κ1) is 17.4. The number of carbonyl (C=O) groups is 2. The van der Waals surface area contributed by atoms with Gasteiger partial charge in [-0.05, 0) is 30.7 Å². The van der Waals surface area contributed by atoms with Crippen molar-refractivity contribution in [1.82, 2.24) is 9.55 Å². The fourth-order valence-corrected chi connectivity index (χ4v) is 1.98. The number of hydrogen-bond donors (Lipinski definition) is 2. The highest BCUT2D eigenvalue weighted by Crippen LogP contribution is 2.16. The van der Waals surface area contributed by atoms with Crippen molar-refractivity contribution in [3.8, 4) is 0 Å². The minimum atomic E-state index is -1.99. The Morgan fingerprint density at radius 1 is 1.38 bits per heavy atom. The molecule has 0 radical (unpaired) electrons. The molecule has 0 aliphatic carbocycles. The van der Waals surface area contributed by atoms with Crippen molar-refractivity contribution >= 4 is 17.6 Å². The largest absolute Gasteiger partial charge is 0.479 e. The van der Waals surface area contributed by atoms with Crippen LogP contribution in [0.2, 0.25) is 0 Å². The summed E-state index contributed by atoms with van der Waals surface area (Å²) in [5.74, 6) is -2.19. The summed E-state index contributed by atoms with van der Waals surface area (Å²) >= 11 is 0. The zero-order chi connectivity index (χ0) is 17.7. The first-order valence-electron chi connectivity index (χ1n) is 7.07. The third-order valence-electron chi connectivity index (χ3n) is 3.57. The molecule has 1 atom stereocenters. The number of carbonyl (C=O) groups excluding carboxylic acids is 1. The lowest BCUT2D eigenvalue weighted by atomic mass is 10.1. The third kappa shape index (κ3) is 3.66. The molecule has 0 saturated carbocycles. The predicted molar refractivity (Wildman–Crippen MR) is 85.7 cm³/mol. The van der Waals surface area contributed by atoms with Gasteiger partial charge in [0.15, 0.2) is 0 Å². The van der Waals surface area contributed by atoms with Crippen LogP contribution < -0.4 is 11.0 Å². The zero-order valence-electron chi connectivity index (χ0n) is 13.2. The molecule has 2 aromatic rings. The van der Waals surface area contributed by atoms with Gasteiger partial charge in [-0.2, -0.15) is 0 Å². The second-order valence-corrected chi connectivity index (χ2v) is 5.23. The Kier molecular flexibility index (Phi) is 5.10. The number of rotatable bonds is 6. The number of aliphatic carboxylic acids is 1. The van der Waals surface area contributed by atoms with Crippen LogP contribution in [-0.2, 0) is 20.9 Å². The molecule has 1 unspecified atom stereocenters. The van der Waals surface area contributed by atoms with Crippen LogP contribution >= 0.6 is 0 Å². The van der Waals surface area contributed by atoms with E-state index in [2.05, 4.69) is 10.3 Å². The van der Waals surface area contributed by atoms with Crippen LogP contribution in [0.15, 0.2) is 47.5 Å². The van der Waals surface area contributed by atoms with Gasteiger partial charge in [-0.15, -0.1) is 0 Å². The summed E-state index contributed by atoms with van der Waals surface area (Å²) in [4.78, 5) is 38.6. The number of nitrogens with zero attached hydrogens (tertiary/aromatic N) is 2. The minimum Gasteiger partial charge on any atom is -0.479 e. The molecular formula is C16H17N3O5. The maximum Gasteiger partial charge on any atom is 0.347 e. The van der Waals surface area contributed by atoms with Crippen molar-refractivity contribution in [2.24, 2.45) is 0 Å². The van der Waals surface area contributed by atoms with Gasteiger partial charge in [0.1, 0.15) is 0 Å². The van der Waals surface area contributed by atoms with Gasteiger partial charge in [0.2, 0.25) is 5.60 Å². The van der Waals surface area contributed by atoms with E-state index in [1.54, 1.807) is 36.5 Å². The molecule has 0 saturated heterocycles. The number of carboxylic acids is 1. The smallest absolute Gasteiger partial charge is 0.347 e. The molecule has 8 heteroatoms. The summed E-state index contributed by atoms with van der Waals surface area (Å²) in [6, 6.07) is 8.38. The Morgan fingerprint density at radius 2 is 2.12 bits per heavy atom. The maximum atomic E-state index is 12.1. The van der Waals surface area contributed by atoms with E-state index in [0.29, 0.717) is 5.69 Å². The second-order valence-electron chi connectivity index (χ2n) is 5.23. The van der Waals surface area contributed by atoms with E-state index < -0.39 is 17.5 Å². The van der Waals surface area contributed by atoms with E-state index in [0.717, 1.165) is 12.7 Å². The van der Waals surface area contributed by atoms with Crippen LogP contribution in [0.5, 0.6) is 0 Å². The molecule has 24 heavy (non-hydrogen) atoms. The Hall–Kier alpha value is -3.00. The number of anilines is 1.